The molecule has 21 heavy (non-hydrogen) atoms. The van der Waals surface area contributed by atoms with Gasteiger partial charge in [-0.1, -0.05) is 11.6 Å². The minimum Gasteiger partial charge on any atom is -0.484 e. The standard InChI is InChI=1S/C12H10ClF3N2O2S/c1-7(9-4-10(13)18-21-9)20-8-2-3-11(17-5-8)19-6-12(14,15)16/h2-5,7H,6H2,1H3/t7-/m1/s1. The van der Waals surface area contributed by atoms with E-state index in [2.05, 4.69) is 14.1 Å². The van der Waals surface area contributed by atoms with E-state index in [1.807, 2.05) is 0 Å². The maximum atomic E-state index is 12.0. The highest BCUT2D eigenvalue weighted by molar-refractivity contribution is 7.06. The van der Waals surface area contributed by atoms with Crippen LogP contribution in [0.1, 0.15) is 17.9 Å². The first-order valence-corrected chi connectivity index (χ1v) is 6.93. The Balaban J connectivity index is 1.93. The van der Waals surface area contributed by atoms with Crippen molar-refractivity contribution in [1.29, 1.82) is 0 Å². The number of ether oxygens (including phenoxy) is 2. The Bertz CT molecular complexity index is 589. The third kappa shape index (κ3) is 5.05. The molecule has 0 aliphatic carbocycles. The van der Waals surface area contributed by atoms with Gasteiger partial charge in [0.15, 0.2) is 6.61 Å². The lowest BCUT2D eigenvalue weighted by atomic mass is 10.3. The van der Waals surface area contributed by atoms with Crippen LogP contribution in [0.3, 0.4) is 0 Å². The number of pyridine rings is 1. The Kier molecular flexibility index (Phi) is 4.89. The molecule has 0 bridgehead atoms. The number of alkyl halides is 3. The summed E-state index contributed by atoms with van der Waals surface area (Å²) in [4.78, 5) is 4.58. The van der Waals surface area contributed by atoms with Crippen LogP contribution in [0.2, 0.25) is 5.15 Å². The van der Waals surface area contributed by atoms with Crippen molar-refractivity contribution in [3.05, 3.63) is 34.4 Å². The lowest BCUT2D eigenvalue weighted by Crippen LogP contribution is -2.19. The molecule has 0 N–H and O–H groups in total. The van der Waals surface area contributed by atoms with Crippen LogP contribution in [0.4, 0.5) is 13.2 Å². The van der Waals surface area contributed by atoms with Gasteiger partial charge in [0.2, 0.25) is 5.88 Å². The van der Waals surface area contributed by atoms with Crippen molar-refractivity contribution in [2.45, 2.75) is 19.2 Å². The van der Waals surface area contributed by atoms with Crippen LogP contribution in [0.15, 0.2) is 24.4 Å². The Hall–Kier alpha value is -1.54. The fraction of sp³-hybridized carbons (Fsp3) is 0.333. The molecule has 0 aliphatic heterocycles. The predicted molar refractivity (Wildman–Crippen MR) is 72.0 cm³/mol. The predicted octanol–water partition coefficient (Wildman–Crippen LogP) is 4.27. The van der Waals surface area contributed by atoms with E-state index in [1.165, 1.54) is 29.9 Å². The molecule has 2 heterocycles. The van der Waals surface area contributed by atoms with Gasteiger partial charge in [-0.2, -0.15) is 17.5 Å². The van der Waals surface area contributed by atoms with Crippen LogP contribution in [0.5, 0.6) is 11.6 Å². The van der Waals surface area contributed by atoms with Crippen molar-refractivity contribution in [3.63, 3.8) is 0 Å². The van der Waals surface area contributed by atoms with E-state index in [0.29, 0.717) is 10.9 Å². The van der Waals surface area contributed by atoms with Crippen molar-refractivity contribution >= 4 is 23.1 Å². The molecule has 4 nitrogen and oxygen atoms in total. The molecule has 2 rings (SSSR count). The third-order valence-electron chi connectivity index (χ3n) is 2.31. The average molecular weight is 339 g/mol. The summed E-state index contributed by atoms with van der Waals surface area (Å²) in [6.07, 6.45) is -3.39. The van der Waals surface area contributed by atoms with Crippen molar-refractivity contribution in [2.24, 2.45) is 0 Å². The van der Waals surface area contributed by atoms with Gasteiger partial charge in [0.05, 0.1) is 11.1 Å². The van der Waals surface area contributed by atoms with Crippen LogP contribution in [0, 0.1) is 0 Å². The zero-order valence-electron chi connectivity index (χ0n) is 10.7. The number of halogens is 4. The Morgan fingerprint density at radius 2 is 2.14 bits per heavy atom. The molecular formula is C12H10ClF3N2O2S. The summed E-state index contributed by atoms with van der Waals surface area (Å²) in [6, 6.07) is 4.48. The molecule has 0 spiro atoms. The van der Waals surface area contributed by atoms with Gasteiger partial charge in [0, 0.05) is 6.07 Å². The molecule has 0 unspecified atom stereocenters. The summed E-state index contributed by atoms with van der Waals surface area (Å²) in [6.45, 7) is 0.424. The van der Waals surface area contributed by atoms with Crippen molar-refractivity contribution < 1.29 is 22.6 Å². The number of hydrogen-bond donors (Lipinski definition) is 0. The molecule has 0 amide bonds. The molecule has 9 heteroatoms. The van der Waals surface area contributed by atoms with Gasteiger partial charge in [-0.3, -0.25) is 0 Å². The molecule has 0 aliphatic rings. The Morgan fingerprint density at radius 1 is 1.38 bits per heavy atom. The maximum absolute atomic E-state index is 12.0. The quantitative estimate of drug-likeness (QED) is 0.816. The van der Waals surface area contributed by atoms with E-state index >= 15 is 0 Å². The van der Waals surface area contributed by atoms with Crippen molar-refractivity contribution in [2.75, 3.05) is 6.61 Å². The molecule has 2 aromatic heterocycles. The monoisotopic (exact) mass is 338 g/mol. The van der Waals surface area contributed by atoms with Crippen LogP contribution < -0.4 is 9.47 Å². The van der Waals surface area contributed by atoms with Crippen LogP contribution in [-0.4, -0.2) is 22.1 Å². The molecule has 2 aromatic rings. The highest BCUT2D eigenvalue weighted by Crippen LogP contribution is 2.27. The average Bonchev–Trinajstić information content (AvgIpc) is 2.84. The zero-order chi connectivity index (χ0) is 15.5. The van der Waals surface area contributed by atoms with Gasteiger partial charge in [-0.25, -0.2) is 4.98 Å². The summed E-state index contributed by atoms with van der Waals surface area (Å²) in [5.74, 6) is 0.291. The van der Waals surface area contributed by atoms with Crippen molar-refractivity contribution in [3.8, 4) is 11.6 Å². The number of nitrogens with zero attached hydrogens (tertiary/aromatic N) is 2. The fourth-order valence-corrected chi connectivity index (χ4v) is 2.29. The highest BCUT2D eigenvalue weighted by atomic mass is 35.5. The van der Waals surface area contributed by atoms with E-state index in [4.69, 9.17) is 16.3 Å². The summed E-state index contributed by atoms with van der Waals surface area (Å²) in [7, 11) is 0. The largest absolute Gasteiger partial charge is 0.484 e. The second-order valence-electron chi connectivity index (χ2n) is 4.05. The first-order chi connectivity index (χ1) is 9.83. The fourth-order valence-electron chi connectivity index (χ4n) is 1.40. The van der Waals surface area contributed by atoms with Gasteiger partial charge < -0.3 is 9.47 Å². The first kappa shape index (κ1) is 15.8. The molecule has 1 atom stereocenters. The first-order valence-electron chi connectivity index (χ1n) is 5.78. The number of hydrogen-bond acceptors (Lipinski definition) is 5. The minimum atomic E-state index is -4.39. The summed E-state index contributed by atoms with van der Waals surface area (Å²) in [5.41, 5.74) is 0. The second-order valence-corrected chi connectivity index (χ2v) is 5.27. The molecule has 0 radical (unpaired) electrons. The van der Waals surface area contributed by atoms with Gasteiger partial charge >= 0.3 is 6.18 Å². The molecule has 114 valence electrons. The third-order valence-corrected chi connectivity index (χ3v) is 3.55. The zero-order valence-corrected chi connectivity index (χ0v) is 12.3. The molecule has 0 aromatic carbocycles. The topological polar surface area (TPSA) is 44.2 Å². The maximum Gasteiger partial charge on any atom is 0.422 e. The molecule has 0 saturated heterocycles. The lowest BCUT2D eigenvalue weighted by Gasteiger charge is -2.13. The number of rotatable bonds is 5. The summed E-state index contributed by atoms with van der Waals surface area (Å²) >= 11 is 6.94. The normalized spacial score (nSPS) is 13.0. The van der Waals surface area contributed by atoms with Gasteiger partial charge in [-0.05, 0) is 30.6 Å². The molecular weight excluding hydrogens is 329 g/mol. The van der Waals surface area contributed by atoms with Crippen molar-refractivity contribution in [1.82, 2.24) is 9.36 Å². The van der Waals surface area contributed by atoms with Crippen LogP contribution >= 0.6 is 23.1 Å². The summed E-state index contributed by atoms with van der Waals surface area (Å²) < 4.78 is 50.0. The van der Waals surface area contributed by atoms with Crippen LogP contribution in [0.25, 0.3) is 0 Å². The highest BCUT2D eigenvalue weighted by Gasteiger charge is 2.28. The van der Waals surface area contributed by atoms with E-state index in [-0.39, 0.29) is 12.0 Å². The number of aromatic nitrogens is 2. The van der Waals surface area contributed by atoms with E-state index in [9.17, 15) is 13.2 Å². The Labute approximate surface area is 127 Å². The Morgan fingerprint density at radius 3 is 2.67 bits per heavy atom. The van der Waals surface area contributed by atoms with E-state index in [1.54, 1.807) is 13.0 Å². The van der Waals surface area contributed by atoms with Crippen LogP contribution in [-0.2, 0) is 0 Å². The molecule has 0 saturated carbocycles. The van der Waals surface area contributed by atoms with Gasteiger partial charge in [0.25, 0.3) is 0 Å². The van der Waals surface area contributed by atoms with Gasteiger partial charge in [-0.15, -0.1) is 0 Å². The summed E-state index contributed by atoms with van der Waals surface area (Å²) in [5, 5.41) is 0.388. The lowest BCUT2D eigenvalue weighted by molar-refractivity contribution is -0.154. The van der Waals surface area contributed by atoms with E-state index in [0.717, 1.165) is 4.88 Å². The second kappa shape index (κ2) is 6.48. The van der Waals surface area contributed by atoms with Gasteiger partial charge in [0.1, 0.15) is 17.0 Å². The van der Waals surface area contributed by atoms with E-state index < -0.39 is 12.8 Å². The minimum absolute atomic E-state index is 0.117. The SMILES string of the molecule is C[C@@H](Oc1ccc(OCC(F)(F)F)nc1)c1cc(Cl)ns1. The smallest absolute Gasteiger partial charge is 0.422 e. The molecule has 0 fully saturated rings.